The van der Waals surface area contributed by atoms with Crippen LogP contribution in [-0.2, 0) is 0 Å². The molecule has 4 aromatic heterocycles. The average molecular weight is 976 g/mol. The minimum absolute atomic E-state index is 0.596. The van der Waals surface area contributed by atoms with Gasteiger partial charge in [-0.15, -0.1) is 11.3 Å². The summed E-state index contributed by atoms with van der Waals surface area (Å²) in [5, 5.41) is 7.17. The van der Waals surface area contributed by atoms with Crippen molar-refractivity contribution in [1.29, 1.82) is 0 Å². The first-order valence-electron chi connectivity index (χ1n) is 25.7. The number of benzene rings is 10. The fourth-order valence-electron chi connectivity index (χ4n) is 11.7. The van der Waals surface area contributed by atoms with E-state index in [4.69, 9.17) is 15.0 Å². The van der Waals surface area contributed by atoms with Crippen LogP contribution >= 0.6 is 11.3 Å². The van der Waals surface area contributed by atoms with Gasteiger partial charge in [0.15, 0.2) is 17.5 Å². The van der Waals surface area contributed by atoms with Gasteiger partial charge in [0.2, 0.25) is 0 Å². The van der Waals surface area contributed by atoms with Crippen molar-refractivity contribution in [3.8, 4) is 73.2 Å². The predicted octanol–water partition coefficient (Wildman–Crippen LogP) is 18.6. The lowest BCUT2D eigenvalue weighted by Gasteiger charge is -2.17. The summed E-state index contributed by atoms with van der Waals surface area (Å²) in [7, 11) is 0. The highest BCUT2D eigenvalue weighted by atomic mass is 32.1. The van der Waals surface area contributed by atoms with Gasteiger partial charge in [-0.25, -0.2) is 15.0 Å². The van der Waals surface area contributed by atoms with Crippen LogP contribution in [0.2, 0.25) is 0 Å². The second-order valence-corrected chi connectivity index (χ2v) is 20.4. The molecule has 75 heavy (non-hydrogen) atoms. The number of allylic oxidation sites excluding steroid dienone is 4. The van der Waals surface area contributed by atoms with E-state index in [1.807, 2.05) is 18.2 Å². The van der Waals surface area contributed by atoms with Gasteiger partial charge in [0, 0.05) is 64.1 Å². The Hall–Kier alpha value is -9.49. The average Bonchev–Trinajstić information content (AvgIpc) is 4.18. The largest absolute Gasteiger partial charge is 0.310 e. The summed E-state index contributed by atoms with van der Waals surface area (Å²) in [5.74, 6) is 1.85. The van der Waals surface area contributed by atoms with E-state index in [9.17, 15) is 0 Å². The highest BCUT2D eigenvalue weighted by molar-refractivity contribution is 7.25. The van der Waals surface area contributed by atoms with E-state index in [1.54, 1.807) is 11.3 Å². The zero-order valence-corrected chi connectivity index (χ0v) is 41.5. The Kier molecular flexibility index (Phi) is 10.1. The maximum absolute atomic E-state index is 5.56. The fraction of sp³-hybridized carbons (Fsp3) is 0.0290. The zero-order valence-electron chi connectivity index (χ0n) is 40.7. The number of para-hydroxylation sites is 1. The molecule has 0 aliphatic heterocycles. The smallest absolute Gasteiger partial charge is 0.166 e. The Bertz CT molecular complexity index is 4640. The number of aromatic nitrogens is 5. The summed E-state index contributed by atoms with van der Waals surface area (Å²) in [5.41, 5.74) is 16.5. The molecule has 0 spiro atoms. The maximum Gasteiger partial charge on any atom is 0.166 e. The zero-order chi connectivity index (χ0) is 49.4. The van der Waals surface area contributed by atoms with Gasteiger partial charge in [-0.2, -0.15) is 0 Å². The highest BCUT2D eigenvalue weighted by Gasteiger charge is 2.25. The first-order chi connectivity index (χ1) is 37.2. The van der Waals surface area contributed by atoms with Crippen molar-refractivity contribution >= 4 is 80.8 Å². The van der Waals surface area contributed by atoms with Gasteiger partial charge in [0.1, 0.15) is 0 Å². The van der Waals surface area contributed by atoms with Crippen molar-refractivity contribution in [3.63, 3.8) is 0 Å². The van der Waals surface area contributed by atoms with Crippen molar-refractivity contribution < 1.29 is 0 Å². The molecule has 0 bridgehead atoms. The monoisotopic (exact) mass is 975 g/mol. The molecule has 0 fully saturated rings. The lowest BCUT2D eigenvalue weighted by molar-refractivity contribution is 1.02. The molecule has 1 aliphatic carbocycles. The van der Waals surface area contributed by atoms with Crippen LogP contribution in [0.4, 0.5) is 0 Å². The maximum atomic E-state index is 5.56. The third-order valence-corrected chi connectivity index (χ3v) is 16.2. The summed E-state index contributed by atoms with van der Waals surface area (Å²) >= 11 is 1.80. The lowest BCUT2D eigenvalue weighted by Crippen LogP contribution is -2.04. The molecular formula is C69H45N5S. The molecule has 352 valence electrons. The molecule has 0 saturated carbocycles. The molecule has 10 aromatic carbocycles. The van der Waals surface area contributed by atoms with Crippen LogP contribution in [0.1, 0.15) is 12.8 Å². The van der Waals surface area contributed by atoms with Gasteiger partial charge in [0.25, 0.3) is 0 Å². The SMILES string of the molecule is C1=CC(n2c3ccccc3c3c(-c4cccc5c4c4ccc(-c6ccccc6)cc4n5-c4cc(-c5ccccc5)ccc4-c4nc(-c5ccccc5)nc(-c5cccc6sc7ccccc7c56)n4)cccc32)=CCC1. The van der Waals surface area contributed by atoms with Crippen molar-refractivity contribution in [2.24, 2.45) is 0 Å². The molecule has 15 rings (SSSR count). The number of hydrogen-bond donors (Lipinski definition) is 0. The summed E-state index contributed by atoms with van der Waals surface area (Å²) in [6.07, 6.45) is 9.04. The minimum atomic E-state index is 0.596. The Morgan fingerprint density at radius 1 is 0.333 bits per heavy atom. The van der Waals surface area contributed by atoms with E-state index in [1.165, 1.54) is 58.8 Å². The quantitative estimate of drug-likeness (QED) is 0.152. The van der Waals surface area contributed by atoms with Crippen molar-refractivity contribution in [3.05, 3.63) is 249 Å². The van der Waals surface area contributed by atoms with Gasteiger partial charge in [-0.1, -0.05) is 194 Å². The topological polar surface area (TPSA) is 48.5 Å². The van der Waals surface area contributed by atoms with Gasteiger partial charge < -0.3 is 9.13 Å². The van der Waals surface area contributed by atoms with Crippen molar-refractivity contribution in [1.82, 2.24) is 24.1 Å². The van der Waals surface area contributed by atoms with Gasteiger partial charge in [0.05, 0.1) is 27.8 Å². The van der Waals surface area contributed by atoms with Gasteiger partial charge in [-0.3, -0.25) is 0 Å². The van der Waals surface area contributed by atoms with Crippen LogP contribution < -0.4 is 0 Å². The normalized spacial score (nSPS) is 12.7. The molecule has 0 atom stereocenters. The van der Waals surface area contributed by atoms with E-state index in [0.29, 0.717) is 17.5 Å². The molecule has 5 nitrogen and oxygen atoms in total. The third kappa shape index (κ3) is 7.09. The highest BCUT2D eigenvalue weighted by Crippen LogP contribution is 2.47. The van der Waals surface area contributed by atoms with Crippen LogP contribution in [-0.4, -0.2) is 24.1 Å². The molecule has 14 aromatic rings. The van der Waals surface area contributed by atoms with E-state index >= 15 is 0 Å². The Morgan fingerprint density at radius 2 is 0.880 bits per heavy atom. The molecule has 0 unspecified atom stereocenters. The molecule has 4 heterocycles. The van der Waals surface area contributed by atoms with Crippen LogP contribution in [0.25, 0.3) is 143 Å². The van der Waals surface area contributed by atoms with Crippen LogP contribution in [0.15, 0.2) is 249 Å². The molecule has 0 saturated heterocycles. The molecule has 1 aliphatic rings. The summed E-state index contributed by atoms with van der Waals surface area (Å²) in [6.45, 7) is 0. The lowest BCUT2D eigenvalue weighted by atomic mass is 9.95. The molecule has 6 heteroatoms. The Labute approximate surface area is 437 Å². The Morgan fingerprint density at radius 3 is 1.60 bits per heavy atom. The molecule has 0 N–H and O–H groups in total. The van der Waals surface area contributed by atoms with Crippen LogP contribution in [0.5, 0.6) is 0 Å². The summed E-state index contributed by atoms with van der Waals surface area (Å²) in [4.78, 5) is 16.3. The number of thiophene rings is 1. The van der Waals surface area contributed by atoms with E-state index in [0.717, 1.165) is 79.3 Å². The van der Waals surface area contributed by atoms with Gasteiger partial charge in [-0.05, 0) is 101 Å². The van der Waals surface area contributed by atoms with Crippen LogP contribution in [0, 0.1) is 0 Å². The predicted molar refractivity (Wildman–Crippen MR) is 315 cm³/mol. The fourth-order valence-corrected chi connectivity index (χ4v) is 12.8. The van der Waals surface area contributed by atoms with E-state index in [-0.39, 0.29) is 0 Å². The number of nitrogens with zero attached hydrogens (tertiary/aromatic N) is 5. The Balaban J connectivity index is 1.05. The van der Waals surface area contributed by atoms with Crippen molar-refractivity contribution in [2.75, 3.05) is 0 Å². The summed E-state index contributed by atoms with van der Waals surface area (Å²) in [6, 6.07) is 83.2. The minimum Gasteiger partial charge on any atom is -0.310 e. The van der Waals surface area contributed by atoms with Crippen LogP contribution in [0.3, 0.4) is 0 Å². The first kappa shape index (κ1) is 43.1. The van der Waals surface area contributed by atoms with Gasteiger partial charge >= 0.3 is 0 Å². The second kappa shape index (κ2) is 17.6. The number of rotatable bonds is 8. The first-order valence-corrected chi connectivity index (χ1v) is 26.5. The third-order valence-electron chi connectivity index (χ3n) is 15.0. The second-order valence-electron chi connectivity index (χ2n) is 19.3. The van der Waals surface area contributed by atoms with E-state index in [2.05, 4.69) is 240 Å². The van der Waals surface area contributed by atoms with Crippen molar-refractivity contribution in [2.45, 2.75) is 12.8 Å². The summed E-state index contributed by atoms with van der Waals surface area (Å²) < 4.78 is 7.36. The molecular weight excluding hydrogens is 931 g/mol. The molecule has 0 radical (unpaired) electrons. The number of hydrogen-bond acceptors (Lipinski definition) is 4. The number of fused-ring (bicyclic) bond motifs is 9. The van der Waals surface area contributed by atoms with E-state index < -0.39 is 0 Å². The molecule has 0 amide bonds. The standard InChI is InChI=1S/C69H45N5S/c1-5-20-44(21-6-1)47-38-40-53-60(42-47)74(59-35-18-31-51(65(53)59)50-30-17-34-58-64(50)52-28-13-15-33-57(52)73(58)49-26-11-4-12-27-49)61-43-48(45-22-7-2-8-23-45)39-41-54(61)68-70-67(46-24-9-3-10-25-46)71-69(72-68)56-32-19-37-63-66(56)55-29-14-16-36-62(55)75-63/h1-3,5-11,13-43H,4,12H2.